The predicted molar refractivity (Wildman–Crippen MR) is 37.7 cm³/mol. The van der Waals surface area contributed by atoms with Crippen molar-refractivity contribution in [3.05, 3.63) is 46.1 Å². The van der Waals surface area contributed by atoms with Crippen LogP contribution >= 0.6 is 0 Å². The SMILES string of the molecule is [C-]#[O+].[C-]#[O+].[C-]#[O+].[CH2][C]([CH2])[CH]C(=O)O.[Fe]. The molecule has 0 unspecified atom stereocenters. The van der Waals surface area contributed by atoms with Gasteiger partial charge in [-0.2, -0.15) is 0 Å². The van der Waals surface area contributed by atoms with E-state index in [0.717, 1.165) is 6.42 Å². The summed E-state index contributed by atoms with van der Waals surface area (Å²) in [5, 5.41) is 7.93. The summed E-state index contributed by atoms with van der Waals surface area (Å²) in [6.45, 7) is 20.0. The van der Waals surface area contributed by atoms with Crippen molar-refractivity contribution in [1.29, 1.82) is 0 Å². The van der Waals surface area contributed by atoms with Crippen LogP contribution in [0, 0.1) is 46.1 Å². The molecule has 0 bridgehead atoms. The molecule has 0 saturated heterocycles. The molecule has 0 amide bonds. The maximum absolute atomic E-state index is 9.65. The molecule has 0 aliphatic heterocycles. The molecule has 0 atom stereocenters. The van der Waals surface area contributed by atoms with Crippen molar-refractivity contribution in [3.63, 3.8) is 0 Å². The fraction of sp³-hybridized carbons (Fsp3) is 0. The van der Waals surface area contributed by atoms with Crippen LogP contribution in [0.3, 0.4) is 0 Å². The van der Waals surface area contributed by atoms with Gasteiger partial charge in [-0.15, -0.1) is 0 Å². The molecule has 4 radical (unpaired) electrons. The molecule has 0 aliphatic carbocycles. The second-order valence-electron chi connectivity index (χ2n) is 1.14. The average molecular weight is 238 g/mol. The monoisotopic (exact) mass is 238 g/mol. The Morgan fingerprint density at radius 3 is 1.29 bits per heavy atom. The molecular formula is C8H6FeO5. The first-order chi connectivity index (χ1) is 6.13. The Kier molecular flexibility index (Phi) is 83.0. The first-order valence-electron chi connectivity index (χ1n) is 2.32. The number of carboxylic acids is 1. The van der Waals surface area contributed by atoms with Crippen LogP contribution in [0.1, 0.15) is 0 Å². The van der Waals surface area contributed by atoms with Crippen molar-refractivity contribution in [2.45, 2.75) is 0 Å². The first kappa shape index (κ1) is 29.2. The molecule has 6 heteroatoms. The maximum atomic E-state index is 9.65. The molecule has 5 nitrogen and oxygen atoms in total. The van der Waals surface area contributed by atoms with Crippen molar-refractivity contribution >= 4 is 5.97 Å². The minimum absolute atomic E-state index is 0. The third-order valence-electron chi connectivity index (χ3n) is 0.328. The minimum atomic E-state index is -1.000. The fourth-order valence-corrected chi connectivity index (χ4v) is 0.175. The zero-order chi connectivity index (χ0) is 11.9. The summed E-state index contributed by atoms with van der Waals surface area (Å²) < 4.78 is 22.5. The summed E-state index contributed by atoms with van der Waals surface area (Å²) in [6, 6.07) is 0. The van der Waals surface area contributed by atoms with Gasteiger partial charge in [0, 0.05) is 17.1 Å². The van der Waals surface area contributed by atoms with Gasteiger partial charge in [0.15, 0.2) is 0 Å². The normalized spacial score (nSPS) is 5.21. The number of carbonyl (C=O) groups is 1. The summed E-state index contributed by atoms with van der Waals surface area (Å²) in [5.41, 5.74) is 0. The Bertz CT molecular complexity index is 145. The zero-order valence-electron chi connectivity index (χ0n) is 6.93. The third-order valence-corrected chi connectivity index (χ3v) is 0.328. The predicted octanol–water partition coefficient (Wildman–Crippen LogP) is 0.403. The Morgan fingerprint density at radius 2 is 1.29 bits per heavy atom. The molecule has 0 aromatic carbocycles. The number of hydrogen-bond donors (Lipinski definition) is 1. The largest absolute Gasteiger partial charge is 0.481 e. The molecule has 0 spiro atoms. The third kappa shape index (κ3) is 113. The topological polar surface area (TPSA) is 97.0 Å². The van der Waals surface area contributed by atoms with E-state index in [1.165, 1.54) is 0 Å². The molecule has 0 aliphatic rings. The smallest absolute Gasteiger partial charge is 0.307 e. The van der Waals surface area contributed by atoms with Gasteiger partial charge in [-0.25, -0.2) is 0 Å². The molecule has 14 heavy (non-hydrogen) atoms. The standard InChI is InChI=1S/C5H6O2.3CO.Fe/c1-4(2)3-5(6)7;3*1-2;/h3H,1-2H2,(H,6,7);;;;. The first-order valence-corrected chi connectivity index (χ1v) is 2.32. The molecule has 0 saturated carbocycles. The van der Waals surface area contributed by atoms with E-state index >= 15 is 0 Å². The average Bonchev–Trinajstić information content (AvgIpc) is 2.12. The van der Waals surface area contributed by atoms with Gasteiger partial charge in [-0.05, 0) is 19.8 Å². The Morgan fingerprint density at radius 1 is 1.07 bits per heavy atom. The Hall–Kier alpha value is -0.791. The number of rotatable bonds is 2. The summed E-state index contributed by atoms with van der Waals surface area (Å²) in [6.07, 6.45) is 0.944. The van der Waals surface area contributed by atoms with Gasteiger partial charge in [-0.3, -0.25) is 4.79 Å². The summed E-state index contributed by atoms with van der Waals surface area (Å²) in [7, 11) is 0. The minimum Gasteiger partial charge on any atom is -0.481 e. The Labute approximate surface area is 93.5 Å². The quantitative estimate of drug-likeness (QED) is 0.428. The van der Waals surface area contributed by atoms with Crippen molar-refractivity contribution in [2.75, 3.05) is 0 Å². The Balaban J connectivity index is -0.0000000332. The van der Waals surface area contributed by atoms with Crippen LogP contribution in [-0.2, 0) is 35.8 Å². The van der Waals surface area contributed by atoms with Crippen molar-refractivity contribution in [2.24, 2.45) is 0 Å². The van der Waals surface area contributed by atoms with Gasteiger partial charge < -0.3 is 5.11 Å². The van der Waals surface area contributed by atoms with Gasteiger partial charge in [0.25, 0.3) is 0 Å². The molecule has 1 N–H and O–H groups in total. The van der Waals surface area contributed by atoms with Gasteiger partial charge in [0.2, 0.25) is 0 Å². The fourth-order valence-electron chi connectivity index (χ4n) is 0.175. The summed E-state index contributed by atoms with van der Waals surface area (Å²) in [4.78, 5) is 9.65. The van der Waals surface area contributed by atoms with E-state index in [2.05, 4.69) is 33.8 Å². The van der Waals surface area contributed by atoms with E-state index in [1.807, 2.05) is 0 Å². The van der Waals surface area contributed by atoms with Crippen LogP contribution in [0.4, 0.5) is 0 Å². The molecule has 0 fully saturated rings. The van der Waals surface area contributed by atoms with Gasteiger partial charge in [0.05, 0.1) is 6.42 Å². The number of aliphatic carboxylic acids is 1. The van der Waals surface area contributed by atoms with E-state index in [9.17, 15) is 4.79 Å². The van der Waals surface area contributed by atoms with Crippen LogP contribution in [-0.4, -0.2) is 11.1 Å². The molecule has 0 aromatic heterocycles. The van der Waals surface area contributed by atoms with Crippen LogP contribution in [0.5, 0.6) is 0 Å². The molecule has 0 heterocycles. The van der Waals surface area contributed by atoms with Gasteiger partial charge in [0.1, 0.15) is 0 Å². The second kappa shape index (κ2) is 39.8. The van der Waals surface area contributed by atoms with Crippen molar-refractivity contribution < 1.29 is 40.9 Å². The van der Waals surface area contributed by atoms with E-state index in [1.54, 1.807) is 0 Å². The van der Waals surface area contributed by atoms with E-state index < -0.39 is 5.97 Å². The van der Waals surface area contributed by atoms with E-state index in [0.29, 0.717) is 5.92 Å². The molecule has 0 aromatic rings. The molecule has 76 valence electrons. The maximum Gasteiger partial charge on any atom is 0.307 e. The van der Waals surface area contributed by atoms with Crippen LogP contribution in [0.2, 0.25) is 0 Å². The second-order valence-corrected chi connectivity index (χ2v) is 1.14. The zero-order valence-corrected chi connectivity index (χ0v) is 8.03. The van der Waals surface area contributed by atoms with Gasteiger partial charge >= 0.3 is 39.9 Å². The van der Waals surface area contributed by atoms with E-state index in [4.69, 9.17) is 19.1 Å². The summed E-state index contributed by atoms with van der Waals surface area (Å²) >= 11 is 0. The number of carboxylic acid groups (broad SMARTS) is 1. The van der Waals surface area contributed by atoms with Crippen LogP contribution in [0.15, 0.2) is 0 Å². The van der Waals surface area contributed by atoms with Crippen molar-refractivity contribution in [1.82, 2.24) is 0 Å². The van der Waals surface area contributed by atoms with Crippen LogP contribution < -0.4 is 0 Å². The van der Waals surface area contributed by atoms with Crippen molar-refractivity contribution in [3.8, 4) is 0 Å². The summed E-state index contributed by atoms with van der Waals surface area (Å²) in [5.74, 6) is -0.687. The van der Waals surface area contributed by atoms with Gasteiger partial charge in [-0.1, -0.05) is 0 Å². The van der Waals surface area contributed by atoms with E-state index in [-0.39, 0.29) is 17.1 Å². The van der Waals surface area contributed by atoms with Crippen LogP contribution in [0.25, 0.3) is 0 Å². The molecular weight excluding hydrogens is 232 g/mol. The molecule has 0 rings (SSSR count). The number of hydrogen-bond acceptors (Lipinski definition) is 1.